The Morgan fingerprint density at radius 1 is 1.09 bits per heavy atom. The highest BCUT2D eigenvalue weighted by atomic mass is 16.2. The summed E-state index contributed by atoms with van der Waals surface area (Å²) in [6.45, 7) is 5.04. The Morgan fingerprint density at radius 2 is 1.78 bits per heavy atom. The van der Waals surface area contributed by atoms with Crippen molar-refractivity contribution in [3.63, 3.8) is 0 Å². The third-order valence-corrected chi connectivity index (χ3v) is 6.79. The number of fused-ring (bicyclic) bond motifs is 2. The molecule has 4 aromatic rings. The number of para-hydroxylation sites is 2. The van der Waals surface area contributed by atoms with E-state index in [9.17, 15) is 4.79 Å². The fraction of sp³-hybridized carbons (Fsp3) is 0.346. The van der Waals surface area contributed by atoms with Gasteiger partial charge in [0.2, 0.25) is 5.91 Å². The summed E-state index contributed by atoms with van der Waals surface area (Å²) in [7, 11) is 0. The lowest BCUT2D eigenvalue weighted by molar-refractivity contribution is -0.123. The molecule has 166 valence electrons. The first-order valence-electron chi connectivity index (χ1n) is 11.5. The van der Waals surface area contributed by atoms with E-state index < -0.39 is 6.04 Å². The molecule has 6 heteroatoms. The van der Waals surface area contributed by atoms with E-state index in [1.165, 1.54) is 22.2 Å². The van der Waals surface area contributed by atoms with E-state index in [1.807, 2.05) is 24.4 Å². The molecule has 0 radical (unpaired) electrons. The number of amides is 1. The van der Waals surface area contributed by atoms with Crippen molar-refractivity contribution in [2.24, 2.45) is 5.73 Å². The van der Waals surface area contributed by atoms with Crippen molar-refractivity contribution in [3.05, 3.63) is 71.5 Å². The van der Waals surface area contributed by atoms with Gasteiger partial charge >= 0.3 is 0 Å². The van der Waals surface area contributed by atoms with Gasteiger partial charge in [-0.15, -0.1) is 0 Å². The molecule has 0 saturated carbocycles. The molecule has 3 heterocycles. The minimum absolute atomic E-state index is 0.0544. The minimum atomic E-state index is -0.541. The number of nitrogens with zero attached hydrogens (tertiary/aromatic N) is 1. The Labute approximate surface area is 188 Å². The van der Waals surface area contributed by atoms with Gasteiger partial charge in [-0.2, -0.15) is 0 Å². The Kier molecular flexibility index (Phi) is 5.72. The van der Waals surface area contributed by atoms with Crippen LogP contribution in [-0.4, -0.2) is 45.9 Å². The highest BCUT2D eigenvalue weighted by molar-refractivity contribution is 5.86. The van der Waals surface area contributed by atoms with E-state index in [1.54, 1.807) is 0 Å². The maximum Gasteiger partial charge on any atom is 0.237 e. The molecule has 6 nitrogen and oxygen atoms in total. The third kappa shape index (κ3) is 4.16. The van der Waals surface area contributed by atoms with Crippen molar-refractivity contribution >= 4 is 27.7 Å². The fourth-order valence-electron chi connectivity index (χ4n) is 4.94. The molecule has 1 fully saturated rings. The topological polar surface area (TPSA) is 89.9 Å². The quantitative estimate of drug-likeness (QED) is 0.377. The van der Waals surface area contributed by atoms with E-state index in [0.29, 0.717) is 6.42 Å². The summed E-state index contributed by atoms with van der Waals surface area (Å²) in [5.74, 6) is -0.0544. The molecule has 2 aromatic carbocycles. The summed E-state index contributed by atoms with van der Waals surface area (Å²) in [5.41, 5.74) is 12.3. The molecule has 1 aliphatic heterocycles. The number of aromatic amines is 2. The second-order valence-corrected chi connectivity index (χ2v) is 9.00. The molecule has 5 rings (SSSR count). The Bertz CT molecular complexity index is 1230. The lowest BCUT2D eigenvalue weighted by Gasteiger charge is -2.33. The van der Waals surface area contributed by atoms with Crippen LogP contribution in [0.15, 0.2) is 54.7 Å². The molecule has 1 amide bonds. The van der Waals surface area contributed by atoms with Gasteiger partial charge in [0.05, 0.1) is 6.04 Å². The molecule has 1 aliphatic rings. The van der Waals surface area contributed by atoms with Gasteiger partial charge in [-0.1, -0.05) is 36.4 Å². The molecular formula is C26H31N5O. The van der Waals surface area contributed by atoms with E-state index in [0.717, 1.165) is 48.9 Å². The second kappa shape index (κ2) is 8.81. The van der Waals surface area contributed by atoms with Crippen LogP contribution in [0, 0.1) is 6.92 Å². The molecule has 0 spiro atoms. The van der Waals surface area contributed by atoms with Crippen molar-refractivity contribution in [1.29, 1.82) is 0 Å². The summed E-state index contributed by atoms with van der Waals surface area (Å²) < 4.78 is 0. The largest absolute Gasteiger partial charge is 0.361 e. The molecule has 0 bridgehead atoms. The number of aromatic nitrogens is 2. The molecule has 1 saturated heterocycles. The smallest absolute Gasteiger partial charge is 0.237 e. The SMILES string of the molecule is Cc1[nH]c2ccccc2c1CN1CCC(NC(=O)[C@@H](N)Cc2c[nH]c3ccccc23)CC1. The van der Waals surface area contributed by atoms with Crippen molar-refractivity contribution in [2.75, 3.05) is 13.1 Å². The summed E-state index contributed by atoms with van der Waals surface area (Å²) in [5, 5.41) is 5.64. The van der Waals surface area contributed by atoms with Crippen LogP contribution in [0.1, 0.15) is 29.7 Å². The zero-order valence-corrected chi connectivity index (χ0v) is 18.5. The van der Waals surface area contributed by atoms with E-state index in [4.69, 9.17) is 5.73 Å². The summed E-state index contributed by atoms with van der Waals surface area (Å²) in [6.07, 6.45) is 4.40. The lowest BCUT2D eigenvalue weighted by atomic mass is 10.0. The summed E-state index contributed by atoms with van der Waals surface area (Å²) >= 11 is 0. The van der Waals surface area contributed by atoms with Crippen LogP contribution in [0.2, 0.25) is 0 Å². The first-order valence-corrected chi connectivity index (χ1v) is 11.5. The van der Waals surface area contributed by atoms with Gasteiger partial charge in [0.25, 0.3) is 0 Å². The highest BCUT2D eigenvalue weighted by Crippen LogP contribution is 2.25. The van der Waals surface area contributed by atoms with E-state index in [2.05, 4.69) is 57.4 Å². The van der Waals surface area contributed by atoms with Crippen LogP contribution in [0.5, 0.6) is 0 Å². The molecule has 32 heavy (non-hydrogen) atoms. The molecule has 1 atom stereocenters. The average molecular weight is 430 g/mol. The van der Waals surface area contributed by atoms with Gasteiger partial charge in [0, 0.05) is 59.4 Å². The number of nitrogens with two attached hydrogens (primary N) is 1. The number of carbonyl (C=O) groups excluding carboxylic acids is 1. The molecule has 0 aliphatic carbocycles. The standard InChI is InChI=1S/C26H31N5O/c1-17-22(21-7-3-5-9-25(21)29-17)16-31-12-10-19(11-13-31)30-26(32)23(27)14-18-15-28-24-8-4-2-6-20(18)24/h2-9,15,19,23,28-29H,10-14,16,27H2,1H3,(H,30,32)/t23-/m0/s1. The number of likely N-dealkylation sites (tertiary alicyclic amines) is 1. The van der Waals surface area contributed by atoms with Crippen LogP contribution < -0.4 is 11.1 Å². The number of rotatable bonds is 6. The molecule has 0 unspecified atom stereocenters. The zero-order valence-electron chi connectivity index (χ0n) is 18.5. The number of aryl methyl sites for hydroxylation is 1. The molecule has 5 N–H and O–H groups in total. The minimum Gasteiger partial charge on any atom is -0.361 e. The number of H-pyrrole nitrogens is 2. The average Bonchev–Trinajstić information content (AvgIpc) is 3.36. The number of carbonyl (C=O) groups is 1. The zero-order chi connectivity index (χ0) is 22.1. The first-order chi connectivity index (χ1) is 15.6. The van der Waals surface area contributed by atoms with Crippen LogP contribution in [0.3, 0.4) is 0 Å². The Morgan fingerprint density at radius 3 is 2.56 bits per heavy atom. The van der Waals surface area contributed by atoms with Crippen molar-refractivity contribution in [1.82, 2.24) is 20.2 Å². The fourth-order valence-corrected chi connectivity index (χ4v) is 4.94. The molecule has 2 aromatic heterocycles. The van der Waals surface area contributed by atoms with Crippen LogP contribution in [-0.2, 0) is 17.8 Å². The van der Waals surface area contributed by atoms with Crippen molar-refractivity contribution < 1.29 is 4.79 Å². The van der Waals surface area contributed by atoms with Crippen LogP contribution >= 0.6 is 0 Å². The van der Waals surface area contributed by atoms with Crippen LogP contribution in [0.25, 0.3) is 21.8 Å². The highest BCUT2D eigenvalue weighted by Gasteiger charge is 2.24. The van der Waals surface area contributed by atoms with Gasteiger partial charge in [-0.05, 0) is 49.4 Å². The Balaban J connectivity index is 1.14. The van der Waals surface area contributed by atoms with Crippen molar-refractivity contribution in [2.45, 2.75) is 44.8 Å². The number of benzene rings is 2. The normalized spacial score (nSPS) is 16.6. The maximum absolute atomic E-state index is 12.7. The van der Waals surface area contributed by atoms with Gasteiger partial charge in [-0.25, -0.2) is 0 Å². The van der Waals surface area contributed by atoms with Gasteiger partial charge in [-0.3, -0.25) is 9.69 Å². The Hall–Kier alpha value is -3.09. The van der Waals surface area contributed by atoms with E-state index in [-0.39, 0.29) is 11.9 Å². The van der Waals surface area contributed by atoms with Gasteiger partial charge < -0.3 is 21.0 Å². The monoisotopic (exact) mass is 429 g/mol. The van der Waals surface area contributed by atoms with Crippen LogP contribution in [0.4, 0.5) is 0 Å². The predicted molar refractivity (Wildman–Crippen MR) is 129 cm³/mol. The number of hydrogen-bond donors (Lipinski definition) is 4. The molecular weight excluding hydrogens is 398 g/mol. The van der Waals surface area contributed by atoms with E-state index >= 15 is 0 Å². The van der Waals surface area contributed by atoms with Gasteiger partial charge in [0.15, 0.2) is 0 Å². The number of nitrogens with one attached hydrogen (secondary N) is 3. The second-order valence-electron chi connectivity index (χ2n) is 9.00. The lowest BCUT2D eigenvalue weighted by Crippen LogP contribution is -2.50. The summed E-state index contributed by atoms with van der Waals surface area (Å²) in [6, 6.07) is 16.3. The van der Waals surface area contributed by atoms with Crippen molar-refractivity contribution in [3.8, 4) is 0 Å². The van der Waals surface area contributed by atoms with Gasteiger partial charge in [0.1, 0.15) is 0 Å². The summed E-state index contributed by atoms with van der Waals surface area (Å²) in [4.78, 5) is 22.0. The maximum atomic E-state index is 12.7. The number of hydrogen-bond acceptors (Lipinski definition) is 3. The first kappa shape index (κ1) is 20.8. The number of piperidine rings is 1. The third-order valence-electron chi connectivity index (χ3n) is 6.79. The predicted octanol–water partition coefficient (Wildman–Crippen LogP) is 3.61.